The third-order valence-corrected chi connectivity index (χ3v) is 4.46. The monoisotopic (exact) mass is 386 g/mol. The van der Waals surface area contributed by atoms with Gasteiger partial charge < -0.3 is 15.2 Å². The SMILES string of the molecule is COc1cc(CC(N)c2ccncc2)cc(Cl)c1OCc1ccc(F)cc1. The van der Waals surface area contributed by atoms with Gasteiger partial charge in [0.05, 0.1) is 12.1 Å². The van der Waals surface area contributed by atoms with Gasteiger partial charge in [-0.1, -0.05) is 23.7 Å². The summed E-state index contributed by atoms with van der Waals surface area (Å²) >= 11 is 6.42. The molecular weight excluding hydrogens is 367 g/mol. The molecule has 4 nitrogen and oxygen atoms in total. The van der Waals surface area contributed by atoms with Crippen LogP contribution in [0.25, 0.3) is 0 Å². The summed E-state index contributed by atoms with van der Waals surface area (Å²) in [5.41, 5.74) is 9.05. The average molecular weight is 387 g/mol. The highest BCUT2D eigenvalue weighted by Gasteiger charge is 2.15. The molecule has 0 spiro atoms. The highest BCUT2D eigenvalue weighted by Crippen LogP contribution is 2.37. The molecule has 1 unspecified atom stereocenters. The fourth-order valence-corrected chi connectivity index (χ4v) is 3.04. The van der Waals surface area contributed by atoms with Crippen molar-refractivity contribution in [3.8, 4) is 11.5 Å². The minimum absolute atomic E-state index is 0.181. The van der Waals surface area contributed by atoms with Crippen molar-refractivity contribution in [2.24, 2.45) is 5.73 Å². The van der Waals surface area contributed by atoms with Gasteiger partial charge in [-0.05, 0) is 59.5 Å². The summed E-state index contributed by atoms with van der Waals surface area (Å²) in [6.07, 6.45) is 4.03. The second kappa shape index (κ2) is 8.84. The van der Waals surface area contributed by atoms with Gasteiger partial charge in [0, 0.05) is 18.4 Å². The molecule has 2 aromatic carbocycles. The van der Waals surface area contributed by atoms with Crippen molar-refractivity contribution in [1.29, 1.82) is 0 Å². The highest BCUT2D eigenvalue weighted by molar-refractivity contribution is 6.32. The van der Waals surface area contributed by atoms with Crippen molar-refractivity contribution in [3.05, 3.63) is 88.5 Å². The number of nitrogens with zero attached hydrogens (tertiary/aromatic N) is 1. The van der Waals surface area contributed by atoms with Crippen LogP contribution in [0, 0.1) is 5.82 Å². The molecule has 0 radical (unpaired) electrons. The number of aromatic nitrogens is 1. The maximum atomic E-state index is 13.0. The third kappa shape index (κ3) is 4.96. The summed E-state index contributed by atoms with van der Waals surface area (Å²) in [5.74, 6) is 0.690. The Kier molecular flexibility index (Phi) is 6.27. The maximum absolute atomic E-state index is 13.0. The molecule has 2 N–H and O–H groups in total. The summed E-state index contributed by atoms with van der Waals surface area (Å²) in [4.78, 5) is 4.00. The van der Waals surface area contributed by atoms with Gasteiger partial charge in [-0.15, -0.1) is 0 Å². The first-order valence-electron chi connectivity index (χ1n) is 8.46. The first kappa shape index (κ1) is 19.1. The lowest BCUT2D eigenvalue weighted by Crippen LogP contribution is -2.13. The Bertz CT molecular complexity index is 889. The Balaban J connectivity index is 1.75. The molecule has 0 aliphatic carbocycles. The number of pyridine rings is 1. The molecule has 1 heterocycles. The zero-order chi connectivity index (χ0) is 19.2. The molecule has 0 saturated carbocycles. The van der Waals surface area contributed by atoms with Crippen LogP contribution in [0.15, 0.2) is 60.9 Å². The van der Waals surface area contributed by atoms with E-state index in [0.717, 1.165) is 16.7 Å². The molecule has 1 atom stereocenters. The zero-order valence-corrected chi connectivity index (χ0v) is 15.6. The van der Waals surface area contributed by atoms with Gasteiger partial charge in [-0.3, -0.25) is 4.98 Å². The summed E-state index contributed by atoms with van der Waals surface area (Å²) in [7, 11) is 1.56. The quantitative estimate of drug-likeness (QED) is 0.639. The van der Waals surface area contributed by atoms with Crippen LogP contribution in [0.5, 0.6) is 11.5 Å². The molecule has 0 fully saturated rings. The molecule has 3 rings (SSSR count). The number of benzene rings is 2. The zero-order valence-electron chi connectivity index (χ0n) is 14.9. The van der Waals surface area contributed by atoms with E-state index in [-0.39, 0.29) is 18.5 Å². The van der Waals surface area contributed by atoms with E-state index in [1.807, 2.05) is 24.3 Å². The van der Waals surface area contributed by atoms with Gasteiger partial charge in [0.15, 0.2) is 11.5 Å². The van der Waals surface area contributed by atoms with Crippen LogP contribution >= 0.6 is 11.6 Å². The highest BCUT2D eigenvalue weighted by atomic mass is 35.5. The van der Waals surface area contributed by atoms with Gasteiger partial charge in [0.2, 0.25) is 0 Å². The van der Waals surface area contributed by atoms with Crippen LogP contribution in [0.3, 0.4) is 0 Å². The summed E-state index contributed by atoms with van der Waals surface area (Å²) in [5, 5.41) is 0.438. The fourth-order valence-electron chi connectivity index (χ4n) is 2.75. The normalized spacial score (nSPS) is 11.9. The van der Waals surface area contributed by atoms with Crippen LogP contribution < -0.4 is 15.2 Å². The van der Waals surface area contributed by atoms with E-state index in [1.54, 1.807) is 31.6 Å². The smallest absolute Gasteiger partial charge is 0.180 e. The molecule has 140 valence electrons. The Labute approximate surface area is 162 Å². The average Bonchev–Trinajstić information content (AvgIpc) is 2.68. The van der Waals surface area contributed by atoms with Crippen LogP contribution in [0.1, 0.15) is 22.7 Å². The van der Waals surface area contributed by atoms with E-state index in [2.05, 4.69) is 4.98 Å². The predicted octanol–water partition coefficient (Wildman–Crippen LogP) is 4.70. The van der Waals surface area contributed by atoms with Crippen molar-refractivity contribution in [3.63, 3.8) is 0 Å². The first-order valence-corrected chi connectivity index (χ1v) is 8.83. The molecule has 0 aliphatic heterocycles. The standard InChI is InChI=1S/C21H20ClFN2O2/c1-26-20-12-15(11-19(24)16-6-8-25-9-7-16)10-18(22)21(20)27-13-14-2-4-17(23)5-3-14/h2-10,12,19H,11,13,24H2,1H3. The van der Waals surface area contributed by atoms with Crippen molar-refractivity contribution >= 4 is 11.6 Å². The third-order valence-electron chi connectivity index (χ3n) is 4.18. The predicted molar refractivity (Wildman–Crippen MR) is 104 cm³/mol. The van der Waals surface area contributed by atoms with Crippen LogP contribution in [0.4, 0.5) is 4.39 Å². The van der Waals surface area contributed by atoms with Crippen molar-refractivity contribution in [2.75, 3.05) is 7.11 Å². The van der Waals surface area contributed by atoms with E-state index in [1.165, 1.54) is 12.1 Å². The maximum Gasteiger partial charge on any atom is 0.180 e. The van der Waals surface area contributed by atoms with Gasteiger partial charge in [-0.25, -0.2) is 4.39 Å². The second-order valence-corrected chi connectivity index (χ2v) is 6.52. The number of nitrogens with two attached hydrogens (primary N) is 1. The molecule has 0 saturated heterocycles. The molecule has 0 amide bonds. The fraction of sp³-hybridized carbons (Fsp3) is 0.190. The summed E-state index contributed by atoms with van der Waals surface area (Å²) in [6, 6.07) is 13.4. The molecule has 1 aromatic heterocycles. The Morgan fingerprint density at radius 1 is 1.07 bits per heavy atom. The largest absolute Gasteiger partial charge is 0.493 e. The lowest BCUT2D eigenvalue weighted by atomic mass is 10.0. The molecule has 3 aromatic rings. The summed E-state index contributed by atoms with van der Waals surface area (Å²) < 4.78 is 24.3. The first-order chi connectivity index (χ1) is 13.1. The Hall–Kier alpha value is -2.63. The van der Waals surface area contributed by atoms with E-state index in [4.69, 9.17) is 26.8 Å². The number of rotatable bonds is 7. The van der Waals surface area contributed by atoms with Gasteiger partial charge >= 0.3 is 0 Å². The van der Waals surface area contributed by atoms with Crippen LogP contribution in [-0.2, 0) is 13.0 Å². The topological polar surface area (TPSA) is 57.4 Å². The van der Waals surface area contributed by atoms with Crippen molar-refractivity contribution < 1.29 is 13.9 Å². The number of hydrogen-bond donors (Lipinski definition) is 1. The van der Waals surface area contributed by atoms with E-state index in [9.17, 15) is 4.39 Å². The molecule has 0 aliphatic rings. The minimum atomic E-state index is -0.288. The summed E-state index contributed by atoms with van der Waals surface area (Å²) in [6.45, 7) is 0.256. The van der Waals surface area contributed by atoms with Gasteiger partial charge in [0.25, 0.3) is 0 Å². The van der Waals surface area contributed by atoms with Crippen LogP contribution in [0.2, 0.25) is 5.02 Å². The van der Waals surface area contributed by atoms with E-state index >= 15 is 0 Å². The lowest BCUT2D eigenvalue weighted by Gasteiger charge is -2.16. The number of ether oxygens (including phenoxy) is 2. The Morgan fingerprint density at radius 2 is 1.78 bits per heavy atom. The minimum Gasteiger partial charge on any atom is -0.493 e. The van der Waals surface area contributed by atoms with Crippen LogP contribution in [-0.4, -0.2) is 12.1 Å². The number of hydrogen-bond acceptors (Lipinski definition) is 4. The number of methoxy groups -OCH3 is 1. The van der Waals surface area contributed by atoms with E-state index in [0.29, 0.717) is 22.9 Å². The van der Waals surface area contributed by atoms with Gasteiger partial charge in [0.1, 0.15) is 12.4 Å². The van der Waals surface area contributed by atoms with E-state index < -0.39 is 0 Å². The molecule has 6 heteroatoms. The molecule has 27 heavy (non-hydrogen) atoms. The molecular formula is C21H20ClFN2O2. The van der Waals surface area contributed by atoms with Gasteiger partial charge in [-0.2, -0.15) is 0 Å². The second-order valence-electron chi connectivity index (χ2n) is 6.12. The van der Waals surface area contributed by atoms with Crippen molar-refractivity contribution in [2.45, 2.75) is 19.1 Å². The lowest BCUT2D eigenvalue weighted by molar-refractivity contribution is 0.284. The van der Waals surface area contributed by atoms with Crippen molar-refractivity contribution in [1.82, 2.24) is 4.98 Å². The molecule has 0 bridgehead atoms. The number of halogens is 2. The Morgan fingerprint density at radius 3 is 2.44 bits per heavy atom.